The highest BCUT2D eigenvalue weighted by molar-refractivity contribution is 7.98. The van der Waals surface area contributed by atoms with Crippen molar-refractivity contribution in [3.8, 4) is 0 Å². The van der Waals surface area contributed by atoms with Crippen LogP contribution in [0, 0.1) is 0 Å². The molecule has 2 N–H and O–H groups in total. The number of rotatable bonds is 5. The van der Waals surface area contributed by atoms with Crippen LogP contribution in [0.2, 0.25) is 0 Å². The van der Waals surface area contributed by atoms with Gasteiger partial charge in [-0.25, -0.2) is 4.98 Å². The number of imidazole rings is 1. The molecule has 7 heteroatoms. The van der Waals surface area contributed by atoms with E-state index in [-0.39, 0.29) is 17.9 Å². The molecule has 6 nitrogen and oxygen atoms in total. The van der Waals surface area contributed by atoms with Crippen molar-refractivity contribution in [3.63, 3.8) is 0 Å². The lowest BCUT2D eigenvalue weighted by molar-refractivity contribution is -0.122. The van der Waals surface area contributed by atoms with Crippen molar-refractivity contribution in [2.24, 2.45) is 0 Å². The van der Waals surface area contributed by atoms with E-state index >= 15 is 0 Å². The molecule has 1 aliphatic rings. The largest absolute Gasteiger partial charge is 0.354 e. The van der Waals surface area contributed by atoms with Crippen molar-refractivity contribution < 1.29 is 9.59 Å². The van der Waals surface area contributed by atoms with Gasteiger partial charge in [-0.1, -0.05) is 18.2 Å². The summed E-state index contributed by atoms with van der Waals surface area (Å²) in [5.41, 5.74) is 2.54. The van der Waals surface area contributed by atoms with Crippen LogP contribution in [0.1, 0.15) is 28.9 Å². The van der Waals surface area contributed by atoms with Crippen molar-refractivity contribution >= 4 is 29.2 Å². The lowest BCUT2D eigenvalue weighted by Gasteiger charge is -2.23. The van der Waals surface area contributed by atoms with E-state index in [9.17, 15) is 9.59 Å². The summed E-state index contributed by atoms with van der Waals surface area (Å²) >= 11 is 1.60. The predicted octanol–water partition coefficient (Wildman–Crippen LogP) is 2.64. The molecular formula is C20H20N4O2S. The maximum atomic E-state index is 12.7. The fraction of sp³-hybridized carbons (Fsp3) is 0.250. The molecule has 3 heterocycles. The van der Waals surface area contributed by atoms with Gasteiger partial charge in [-0.15, -0.1) is 11.8 Å². The monoisotopic (exact) mass is 380 g/mol. The third-order valence-electron chi connectivity index (χ3n) is 4.52. The highest BCUT2D eigenvalue weighted by Crippen LogP contribution is 2.26. The van der Waals surface area contributed by atoms with Gasteiger partial charge in [0.1, 0.15) is 5.65 Å². The van der Waals surface area contributed by atoms with Crippen molar-refractivity contribution in [1.82, 2.24) is 20.0 Å². The minimum atomic E-state index is -0.103. The second-order valence-electron chi connectivity index (χ2n) is 6.50. The fourth-order valence-electron chi connectivity index (χ4n) is 3.11. The number of pyridine rings is 1. The number of fused-ring (bicyclic) bond motifs is 1. The van der Waals surface area contributed by atoms with Crippen LogP contribution in [0.4, 0.5) is 0 Å². The van der Waals surface area contributed by atoms with Gasteiger partial charge in [-0.05, 0) is 30.7 Å². The van der Waals surface area contributed by atoms with Gasteiger partial charge in [-0.2, -0.15) is 0 Å². The number of aromatic nitrogens is 2. The molecule has 0 saturated carbocycles. The lowest BCUT2D eigenvalue weighted by Crippen LogP contribution is -2.47. The number of hydrogen-bond donors (Lipinski definition) is 2. The van der Waals surface area contributed by atoms with Gasteiger partial charge in [0, 0.05) is 42.0 Å². The number of piperidine rings is 1. The average Bonchev–Trinajstić information content (AvgIpc) is 3.11. The topological polar surface area (TPSA) is 75.5 Å². The summed E-state index contributed by atoms with van der Waals surface area (Å²) in [6.07, 6.45) is 5.11. The van der Waals surface area contributed by atoms with Crippen molar-refractivity contribution in [2.75, 3.05) is 6.54 Å². The summed E-state index contributed by atoms with van der Waals surface area (Å²) in [4.78, 5) is 29.5. The molecule has 1 aliphatic heterocycles. The maximum absolute atomic E-state index is 12.7. The Bertz CT molecular complexity index is 942. The molecule has 138 valence electrons. The molecule has 0 bridgehead atoms. The van der Waals surface area contributed by atoms with Crippen LogP contribution in [-0.4, -0.2) is 33.8 Å². The van der Waals surface area contributed by atoms with Gasteiger partial charge in [-0.3, -0.25) is 9.59 Å². The number of carbonyl (C=O) groups is 2. The van der Waals surface area contributed by atoms with Gasteiger partial charge in [0.15, 0.2) is 0 Å². The fourth-order valence-corrected chi connectivity index (χ4v) is 4.04. The average molecular weight is 380 g/mol. The summed E-state index contributed by atoms with van der Waals surface area (Å²) in [6.45, 7) is 0.487. The zero-order valence-electron chi connectivity index (χ0n) is 14.7. The lowest BCUT2D eigenvalue weighted by atomic mass is 10.1. The highest BCUT2D eigenvalue weighted by atomic mass is 32.2. The first-order chi connectivity index (χ1) is 13.2. The summed E-state index contributed by atoms with van der Waals surface area (Å²) < 4.78 is 1.99. The Morgan fingerprint density at radius 3 is 2.93 bits per heavy atom. The molecule has 2 amide bonds. The van der Waals surface area contributed by atoms with Crippen LogP contribution in [-0.2, 0) is 10.5 Å². The number of amides is 2. The molecule has 0 aliphatic carbocycles. The molecule has 1 saturated heterocycles. The molecule has 1 atom stereocenters. The first kappa shape index (κ1) is 17.6. The van der Waals surface area contributed by atoms with Gasteiger partial charge < -0.3 is 15.0 Å². The minimum absolute atomic E-state index is 0.0216. The van der Waals surface area contributed by atoms with E-state index in [1.54, 1.807) is 11.8 Å². The molecule has 0 radical (unpaired) electrons. The Morgan fingerprint density at radius 1 is 1.26 bits per heavy atom. The molecule has 1 unspecified atom stereocenters. The number of nitrogens with zero attached hydrogens (tertiary/aromatic N) is 2. The first-order valence-corrected chi connectivity index (χ1v) is 9.89. The van der Waals surface area contributed by atoms with Gasteiger partial charge in [0.2, 0.25) is 5.91 Å². The Morgan fingerprint density at radius 2 is 2.11 bits per heavy atom. The maximum Gasteiger partial charge on any atom is 0.252 e. The van der Waals surface area contributed by atoms with E-state index in [4.69, 9.17) is 0 Å². The number of carbonyl (C=O) groups excluding carboxylic acids is 2. The summed E-state index contributed by atoms with van der Waals surface area (Å²) in [5.74, 6) is 0.629. The molecule has 27 heavy (non-hydrogen) atoms. The van der Waals surface area contributed by atoms with Crippen LogP contribution >= 0.6 is 11.8 Å². The Hall–Kier alpha value is -2.80. The summed E-state index contributed by atoms with van der Waals surface area (Å²) in [7, 11) is 0. The van der Waals surface area contributed by atoms with Crippen molar-refractivity contribution in [2.45, 2.75) is 29.5 Å². The highest BCUT2D eigenvalue weighted by Gasteiger charge is 2.21. The molecule has 3 aromatic rings. The predicted molar refractivity (Wildman–Crippen MR) is 105 cm³/mol. The van der Waals surface area contributed by atoms with E-state index in [0.717, 1.165) is 16.2 Å². The van der Waals surface area contributed by atoms with Crippen LogP contribution in [0.5, 0.6) is 0 Å². The second kappa shape index (κ2) is 7.84. The van der Waals surface area contributed by atoms with Crippen LogP contribution in [0.25, 0.3) is 5.65 Å². The minimum Gasteiger partial charge on any atom is -0.354 e. The van der Waals surface area contributed by atoms with E-state index in [0.29, 0.717) is 30.7 Å². The van der Waals surface area contributed by atoms with Gasteiger partial charge in [0.05, 0.1) is 11.3 Å². The SMILES string of the molecule is O=C1CCC(NC(=O)c2ccccc2SCc2cn3ccccc3n2)CN1. The van der Waals surface area contributed by atoms with Crippen LogP contribution < -0.4 is 10.6 Å². The number of benzene rings is 1. The summed E-state index contributed by atoms with van der Waals surface area (Å²) in [6, 6.07) is 13.5. The molecule has 2 aromatic heterocycles. The Balaban J connectivity index is 1.44. The molecule has 4 rings (SSSR count). The van der Waals surface area contributed by atoms with Crippen LogP contribution in [0.3, 0.4) is 0 Å². The van der Waals surface area contributed by atoms with Gasteiger partial charge in [0.25, 0.3) is 5.91 Å². The second-order valence-corrected chi connectivity index (χ2v) is 7.51. The van der Waals surface area contributed by atoms with E-state index in [1.165, 1.54) is 0 Å². The molecule has 1 fully saturated rings. The number of thioether (sulfide) groups is 1. The Labute approximate surface area is 161 Å². The van der Waals surface area contributed by atoms with Crippen molar-refractivity contribution in [3.05, 3.63) is 66.1 Å². The Kier molecular flexibility index (Phi) is 5.11. The van der Waals surface area contributed by atoms with E-state index in [2.05, 4.69) is 15.6 Å². The van der Waals surface area contributed by atoms with E-state index < -0.39 is 0 Å². The normalized spacial score (nSPS) is 16.9. The number of hydrogen-bond acceptors (Lipinski definition) is 4. The first-order valence-electron chi connectivity index (χ1n) is 8.91. The number of nitrogens with one attached hydrogen (secondary N) is 2. The van der Waals surface area contributed by atoms with E-state index in [1.807, 2.05) is 59.3 Å². The van der Waals surface area contributed by atoms with Gasteiger partial charge >= 0.3 is 0 Å². The molecule has 1 aromatic carbocycles. The summed E-state index contributed by atoms with van der Waals surface area (Å²) in [5, 5.41) is 5.82. The van der Waals surface area contributed by atoms with Crippen molar-refractivity contribution in [1.29, 1.82) is 0 Å². The zero-order valence-corrected chi connectivity index (χ0v) is 15.5. The third kappa shape index (κ3) is 4.14. The molecular weight excluding hydrogens is 360 g/mol. The molecule has 0 spiro atoms. The third-order valence-corrected chi connectivity index (χ3v) is 5.63. The quantitative estimate of drug-likeness (QED) is 0.667. The van der Waals surface area contributed by atoms with Crippen LogP contribution in [0.15, 0.2) is 59.8 Å². The smallest absolute Gasteiger partial charge is 0.252 e. The standard InChI is InChI=1S/C20H20N4O2S/c25-19-9-8-14(11-21-19)23-20(26)16-5-1-2-6-17(16)27-13-15-12-24-10-4-3-7-18(24)22-15/h1-7,10,12,14H,8-9,11,13H2,(H,21,25)(H,23,26). The zero-order chi connectivity index (χ0) is 18.6.